The highest BCUT2D eigenvalue weighted by Crippen LogP contribution is 2.23. The zero-order valence-electron chi connectivity index (χ0n) is 15.5. The maximum absolute atomic E-state index is 13.0. The third-order valence-electron chi connectivity index (χ3n) is 4.71. The molecule has 0 saturated carbocycles. The Hall–Kier alpha value is -2.89. The standard InChI is InChI=1S/C21H23FN2O3/c1-14-18(21(26)24-12-3-4-13-24)6-5-7-19(14)23-20(25)15(2)27-17-10-8-16(22)9-11-17/h5-11,15H,3-4,12-13H2,1-2H3,(H,23,25)/t15-/m1/s1. The number of anilines is 1. The van der Waals surface area contributed by atoms with Crippen LogP contribution in [0.15, 0.2) is 42.5 Å². The third-order valence-corrected chi connectivity index (χ3v) is 4.71. The second kappa shape index (κ2) is 8.20. The number of hydrogen-bond acceptors (Lipinski definition) is 3. The molecular formula is C21H23FN2O3. The van der Waals surface area contributed by atoms with Crippen molar-refractivity contribution in [3.8, 4) is 5.75 Å². The average molecular weight is 370 g/mol. The van der Waals surface area contributed by atoms with Crippen molar-refractivity contribution in [2.75, 3.05) is 18.4 Å². The van der Waals surface area contributed by atoms with E-state index in [1.165, 1.54) is 24.3 Å². The average Bonchev–Trinajstić information content (AvgIpc) is 3.19. The van der Waals surface area contributed by atoms with Gasteiger partial charge in [0.15, 0.2) is 6.10 Å². The molecule has 1 aliphatic heterocycles. The fourth-order valence-corrected chi connectivity index (χ4v) is 3.10. The van der Waals surface area contributed by atoms with Crippen LogP contribution in [0.1, 0.15) is 35.7 Å². The number of amides is 2. The Balaban J connectivity index is 1.69. The number of ether oxygens (including phenoxy) is 1. The van der Waals surface area contributed by atoms with E-state index in [1.807, 2.05) is 11.8 Å². The van der Waals surface area contributed by atoms with Gasteiger partial charge in [0.1, 0.15) is 11.6 Å². The number of likely N-dealkylation sites (tertiary alicyclic amines) is 1. The zero-order valence-corrected chi connectivity index (χ0v) is 15.5. The Labute approximate surface area is 158 Å². The summed E-state index contributed by atoms with van der Waals surface area (Å²) in [5.74, 6) is -0.298. The van der Waals surface area contributed by atoms with Crippen molar-refractivity contribution in [2.45, 2.75) is 32.8 Å². The molecule has 142 valence electrons. The molecule has 2 aromatic carbocycles. The summed E-state index contributed by atoms with van der Waals surface area (Å²) in [6.45, 7) is 4.99. The lowest BCUT2D eigenvalue weighted by molar-refractivity contribution is -0.122. The molecule has 1 atom stereocenters. The van der Waals surface area contributed by atoms with Crippen molar-refractivity contribution in [1.82, 2.24) is 4.90 Å². The quantitative estimate of drug-likeness (QED) is 0.871. The number of benzene rings is 2. The molecule has 2 aromatic rings. The second-order valence-electron chi connectivity index (χ2n) is 6.68. The Morgan fingerprint density at radius 3 is 2.44 bits per heavy atom. The number of nitrogens with one attached hydrogen (secondary N) is 1. The van der Waals surface area contributed by atoms with Crippen molar-refractivity contribution >= 4 is 17.5 Å². The number of carbonyl (C=O) groups is 2. The number of rotatable bonds is 5. The topological polar surface area (TPSA) is 58.6 Å². The van der Waals surface area contributed by atoms with Gasteiger partial charge in [-0.25, -0.2) is 4.39 Å². The number of carbonyl (C=O) groups excluding carboxylic acids is 2. The maximum atomic E-state index is 13.0. The largest absolute Gasteiger partial charge is 0.481 e. The minimum Gasteiger partial charge on any atom is -0.481 e. The summed E-state index contributed by atoms with van der Waals surface area (Å²) >= 11 is 0. The van der Waals surface area contributed by atoms with Gasteiger partial charge in [0.2, 0.25) is 0 Å². The van der Waals surface area contributed by atoms with Crippen LogP contribution in [0.4, 0.5) is 10.1 Å². The molecule has 1 fully saturated rings. The van der Waals surface area contributed by atoms with Gasteiger partial charge in [0, 0.05) is 24.3 Å². The molecule has 0 aromatic heterocycles. The van der Waals surface area contributed by atoms with Gasteiger partial charge in [0.05, 0.1) is 0 Å². The molecule has 1 saturated heterocycles. The second-order valence-corrected chi connectivity index (χ2v) is 6.68. The molecule has 1 aliphatic rings. The third kappa shape index (κ3) is 4.45. The van der Waals surface area contributed by atoms with E-state index in [1.54, 1.807) is 25.1 Å². The molecule has 0 radical (unpaired) electrons. The molecule has 0 spiro atoms. The van der Waals surface area contributed by atoms with E-state index in [2.05, 4.69) is 5.32 Å². The first-order valence-electron chi connectivity index (χ1n) is 9.07. The van der Waals surface area contributed by atoms with Gasteiger partial charge in [-0.05, 0) is 68.7 Å². The summed E-state index contributed by atoms with van der Waals surface area (Å²) in [6, 6.07) is 10.8. The van der Waals surface area contributed by atoms with E-state index in [-0.39, 0.29) is 17.6 Å². The SMILES string of the molecule is Cc1c(NC(=O)[C@@H](C)Oc2ccc(F)cc2)cccc1C(=O)N1CCCC1. The monoisotopic (exact) mass is 370 g/mol. The summed E-state index contributed by atoms with van der Waals surface area (Å²) < 4.78 is 18.5. The molecule has 2 amide bonds. The Morgan fingerprint density at radius 1 is 1.11 bits per heavy atom. The minimum atomic E-state index is -0.771. The van der Waals surface area contributed by atoms with Crippen LogP contribution >= 0.6 is 0 Å². The molecule has 3 rings (SSSR count). The summed E-state index contributed by atoms with van der Waals surface area (Å²) in [5.41, 5.74) is 1.91. The number of hydrogen-bond donors (Lipinski definition) is 1. The molecule has 0 aliphatic carbocycles. The maximum Gasteiger partial charge on any atom is 0.265 e. The van der Waals surface area contributed by atoms with Crippen molar-refractivity contribution < 1.29 is 18.7 Å². The molecule has 0 unspecified atom stereocenters. The first-order valence-corrected chi connectivity index (χ1v) is 9.07. The molecule has 1 heterocycles. The zero-order chi connectivity index (χ0) is 19.4. The lowest BCUT2D eigenvalue weighted by Gasteiger charge is -2.19. The fourth-order valence-electron chi connectivity index (χ4n) is 3.10. The van der Waals surface area contributed by atoms with Crippen LogP contribution in [0, 0.1) is 12.7 Å². The number of halogens is 1. The predicted molar refractivity (Wildman–Crippen MR) is 101 cm³/mol. The molecule has 1 N–H and O–H groups in total. The van der Waals surface area contributed by atoms with Crippen LogP contribution in [0.25, 0.3) is 0 Å². The van der Waals surface area contributed by atoms with E-state index in [0.717, 1.165) is 31.5 Å². The van der Waals surface area contributed by atoms with Crippen LogP contribution in [-0.2, 0) is 4.79 Å². The van der Waals surface area contributed by atoms with E-state index >= 15 is 0 Å². The van der Waals surface area contributed by atoms with Crippen LogP contribution in [0.5, 0.6) is 5.75 Å². The molecule has 5 nitrogen and oxygen atoms in total. The predicted octanol–water partition coefficient (Wildman–Crippen LogP) is 3.78. The van der Waals surface area contributed by atoms with Gasteiger partial charge < -0.3 is 15.0 Å². The van der Waals surface area contributed by atoms with E-state index < -0.39 is 6.10 Å². The number of nitrogens with zero attached hydrogens (tertiary/aromatic N) is 1. The minimum absolute atomic E-state index is 0.00305. The summed E-state index contributed by atoms with van der Waals surface area (Å²) in [5, 5.41) is 2.82. The highest BCUT2D eigenvalue weighted by atomic mass is 19.1. The van der Waals surface area contributed by atoms with Crippen molar-refractivity contribution in [3.05, 3.63) is 59.4 Å². The van der Waals surface area contributed by atoms with Gasteiger partial charge >= 0.3 is 0 Å². The van der Waals surface area contributed by atoms with Gasteiger partial charge in [-0.15, -0.1) is 0 Å². The first kappa shape index (κ1) is 18.9. The lowest BCUT2D eigenvalue weighted by atomic mass is 10.1. The molecule has 27 heavy (non-hydrogen) atoms. The Morgan fingerprint density at radius 2 is 1.78 bits per heavy atom. The van der Waals surface area contributed by atoms with E-state index in [4.69, 9.17) is 4.74 Å². The van der Waals surface area contributed by atoms with Gasteiger partial charge in [-0.1, -0.05) is 6.07 Å². The van der Waals surface area contributed by atoms with Gasteiger partial charge in [-0.2, -0.15) is 0 Å². The lowest BCUT2D eigenvalue weighted by Crippen LogP contribution is -2.31. The Bertz CT molecular complexity index is 830. The van der Waals surface area contributed by atoms with E-state index in [9.17, 15) is 14.0 Å². The molecule has 6 heteroatoms. The highest BCUT2D eigenvalue weighted by Gasteiger charge is 2.23. The summed E-state index contributed by atoms with van der Waals surface area (Å²) in [6.07, 6.45) is 1.28. The summed E-state index contributed by atoms with van der Waals surface area (Å²) in [7, 11) is 0. The van der Waals surface area contributed by atoms with Crippen LogP contribution in [0.2, 0.25) is 0 Å². The smallest absolute Gasteiger partial charge is 0.265 e. The molecule has 0 bridgehead atoms. The van der Waals surface area contributed by atoms with Gasteiger partial charge in [-0.3, -0.25) is 9.59 Å². The molecular weight excluding hydrogens is 347 g/mol. The first-order chi connectivity index (χ1) is 13.0. The van der Waals surface area contributed by atoms with Crippen LogP contribution in [0.3, 0.4) is 0 Å². The van der Waals surface area contributed by atoms with Crippen molar-refractivity contribution in [1.29, 1.82) is 0 Å². The van der Waals surface area contributed by atoms with E-state index in [0.29, 0.717) is 17.0 Å². The van der Waals surface area contributed by atoms with Crippen LogP contribution < -0.4 is 10.1 Å². The Kier molecular flexibility index (Phi) is 5.74. The highest BCUT2D eigenvalue weighted by molar-refractivity contribution is 6.00. The fraction of sp³-hybridized carbons (Fsp3) is 0.333. The van der Waals surface area contributed by atoms with Crippen molar-refractivity contribution in [3.63, 3.8) is 0 Å². The summed E-state index contributed by atoms with van der Waals surface area (Å²) in [4.78, 5) is 27.0. The van der Waals surface area contributed by atoms with Gasteiger partial charge in [0.25, 0.3) is 11.8 Å². The van der Waals surface area contributed by atoms with Crippen molar-refractivity contribution in [2.24, 2.45) is 0 Å². The normalized spacial score (nSPS) is 14.7. The van der Waals surface area contributed by atoms with Crippen LogP contribution in [-0.4, -0.2) is 35.9 Å².